The first-order chi connectivity index (χ1) is 17.4. The minimum absolute atomic E-state index is 0.108. The van der Waals surface area contributed by atoms with Crippen LogP contribution in [-0.2, 0) is 11.8 Å². The van der Waals surface area contributed by atoms with Crippen LogP contribution in [0.25, 0.3) is 0 Å². The molecule has 1 aliphatic heterocycles. The number of benzene rings is 1. The average Bonchev–Trinajstić information content (AvgIpc) is 2.87. The van der Waals surface area contributed by atoms with E-state index in [1.807, 2.05) is 37.4 Å². The van der Waals surface area contributed by atoms with Crippen molar-refractivity contribution in [3.05, 3.63) is 82.2 Å². The van der Waals surface area contributed by atoms with Crippen molar-refractivity contribution in [1.82, 2.24) is 15.0 Å². The van der Waals surface area contributed by atoms with E-state index in [0.717, 1.165) is 78.6 Å². The fourth-order valence-corrected chi connectivity index (χ4v) is 5.53. The van der Waals surface area contributed by atoms with E-state index in [1.165, 1.54) is 17.7 Å². The number of pyridine rings is 1. The summed E-state index contributed by atoms with van der Waals surface area (Å²) < 4.78 is 0. The standard InChI is InChI=1S/C30H34N6/c1-5-20(2)29(35-24-10-9-23(19-31)18-21(24)3)30(14-7-15-30)27-12-11-26-25(34-27)8-6-17-36(26)28-13-16-32-22(4)33-28/h9-13,16,18,35H,5-8,14-15,17H2,1-4H3. The van der Waals surface area contributed by atoms with Gasteiger partial charge in [-0.05, 0) is 94.8 Å². The van der Waals surface area contributed by atoms with Crippen molar-refractivity contribution in [2.75, 3.05) is 16.8 Å². The molecule has 0 spiro atoms. The van der Waals surface area contributed by atoms with E-state index in [2.05, 4.69) is 59.2 Å². The molecule has 0 unspecified atom stereocenters. The van der Waals surface area contributed by atoms with Crippen molar-refractivity contribution in [2.45, 2.75) is 71.6 Å². The molecule has 0 radical (unpaired) electrons. The Labute approximate surface area is 214 Å². The van der Waals surface area contributed by atoms with Crippen molar-refractivity contribution in [2.24, 2.45) is 0 Å². The van der Waals surface area contributed by atoms with E-state index in [4.69, 9.17) is 4.98 Å². The van der Waals surface area contributed by atoms with Crippen LogP contribution in [0.3, 0.4) is 0 Å². The maximum absolute atomic E-state index is 9.29. The largest absolute Gasteiger partial charge is 0.358 e. The minimum atomic E-state index is -0.108. The topological polar surface area (TPSA) is 77.7 Å². The smallest absolute Gasteiger partial charge is 0.136 e. The minimum Gasteiger partial charge on any atom is -0.358 e. The fourth-order valence-electron chi connectivity index (χ4n) is 5.53. The Morgan fingerprint density at radius 3 is 2.61 bits per heavy atom. The normalized spacial score (nSPS) is 16.9. The van der Waals surface area contributed by atoms with Gasteiger partial charge in [0.25, 0.3) is 0 Å². The number of aryl methyl sites for hydroxylation is 3. The molecule has 1 aliphatic carbocycles. The zero-order valence-corrected chi connectivity index (χ0v) is 21.7. The Balaban J connectivity index is 1.54. The predicted molar refractivity (Wildman–Crippen MR) is 144 cm³/mol. The van der Waals surface area contributed by atoms with Crippen LogP contribution in [0.5, 0.6) is 0 Å². The maximum Gasteiger partial charge on any atom is 0.136 e. The molecule has 1 fully saturated rings. The number of fused-ring (bicyclic) bond motifs is 1. The molecule has 3 aromatic rings. The summed E-state index contributed by atoms with van der Waals surface area (Å²) >= 11 is 0. The van der Waals surface area contributed by atoms with E-state index >= 15 is 0 Å². The summed E-state index contributed by atoms with van der Waals surface area (Å²) in [4.78, 5) is 16.6. The van der Waals surface area contributed by atoms with Gasteiger partial charge in [-0.1, -0.05) is 18.9 Å². The zero-order valence-electron chi connectivity index (χ0n) is 21.7. The van der Waals surface area contributed by atoms with Crippen LogP contribution in [0.15, 0.2) is 53.9 Å². The van der Waals surface area contributed by atoms with Gasteiger partial charge in [0.05, 0.1) is 34.1 Å². The van der Waals surface area contributed by atoms with Crippen molar-refractivity contribution in [3.8, 4) is 6.07 Å². The number of hydrogen-bond acceptors (Lipinski definition) is 6. The van der Waals surface area contributed by atoms with Crippen LogP contribution in [-0.4, -0.2) is 21.5 Å². The van der Waals surface area contributed by atoms with Gasteiger partial charge in [0.2, 0.25) is 0 Å². The third-order valence-electron chi connectivity index (χ3n) is 7.82. The molecule has 6 heteroatoms. The van der Waals surface area contributed by atoms with Gasteiger partial charge >= 0.3 is 0 Å². The Morgan fingerprint density at radius 2 is 1.94 bits per heavy atom. The molecular formula is C30H34N6. The van der Waals surface area contributed by atoms with Crippen molar-refractivity contribution in [3.63, 3.8) is 0 Å². The highest BCUT2D eigenvalue weighted by Gasteiger charge is 2.45. The molecule has 6 nitrogen and oxygen atoms in total. The lowest BCUT2D eigenvalue weighted by molar-refractivity contribution is 0.285. The Kier molecular flexibility index (Phi) is 6.49. The van der Waals surface area contributed by atoms with Crippen LogP contribution in [0, 0.1) is 25.2 Å². The molecule has 1 N–H and O–H groups in total. The lowest BCUT2D eigenvalue weighted by Gasteiger charge is -2.45. The van der Waals surface area contributed by atoms with Gasteiger partial charge in [-0.15, -0.1) is 0 Å². The first kappa shape index (κ1) is 24.0. The summed E-state index contributed by atoms with van der Waals surface area (Å²) in [5, 5.41) is 13.1. The van der Waals surface area contributed by atoms with E-state index in [0.29, 0.717) is 5.56 Å². The van der Waals surface area contributed by atoms with E-state index in [9.17, 15) is 5.26 Å². The number of nitriles is 1. The van der Waals surface area contributed by atoms with Crippen LogP contribution < -0.4 is 10.2 Å². The molecule has 2 aliphatic rings. The van der Waals surface area contributed by atoms with Crippen molar-refractivity contribution >= 4 is 17.2 Å². The van der Waals surface area contributed by atoms with Gasteiger partial charge in [-0.2, -0.15) is 5.26 Å². The second kappa shape index (κ2) is 9.73. The zero-order chi connectivity index (χ0) is 25.3. The van der Waals surface area contributed by atoms with Crippen molar-refractivity contribution < 1.29 is 0 Å². The lowest BCUT2D eigenvalue weighted by Crippen LogP contribution is -2.41. The summed E-state index contributed by atoms with van der Waals surface area (Å²) in [5.41, 5.74) is 8.83. The number of allylic oxidation sites excluding steroid dienone is 2. The maximum atomic E-state index is 9.29. The highest BCUT2D eigenvalue weighted by molar-refractivity contribution is 5.65. The second-order valence-corrected chi connectivity index (χ2v) is 10.1. The molecule has 184 valence electrons. The van der Waals surface area contributed by atoms with E-state index in [-0.39, 0.29) is 5.41 Å². The molecule has 36 heavy (non-hydrogen) atoms. The second-order valence-electron chi connectivity index (χ2n) is 10.1. The van der Waals surface area contributed by atoms with Crippen molar-refractivity contribution in [1.29, 1.82) is 5.26 Å². The molecule has 0 atom stereocenters. The Hall–Kier alpha value is -3.72. The molecular weight excluding hydrogens is 444 g/mol. The predicted octanol–water partition coefficient (Wildman–Crippen LogP) is 6.66. The van der Waals surface area contributed by atoms with Crippen LogP contribution in [0.2, 0.25) is 0 Å². The molecule has 0 bridgehead atoms. The lowest BCUT2D eigenvalue weighted by atomic mass is 9.63. The number of rotatable bonds is 6. The highest BCUT2D eigenvalue weighted by atomic mass is 15.2. The Morgan fingerprint density at radius 1 is 1.11 bits per heavy atom. The molecule has 1 aromatic carbocycles. The number of nitrogens with zero attached hydrogens (tertiary/aromatic N) is 5. The molecule has 1 saturated carbocycles. The van der Waals surface area contributed by atoms with Gasteiger partial charge in [0.15, 0.2) is 0 Å². The monoisotopic (exact) mass is 478 g/mol. The molecule has 2 aromatic heterocycles. The van der Waals surface area contributed by atoms with Gasteiger partial charge in [0, 0.05) is 24.1 Å². The molecule has 0 saturated heterocycles. The molecule has 0 amide bonds. The van der Waals surface area contributed by atoms with Gasteiger partial charge in [0.1, 0.15) is 11.6 Å². The third kappa shape index (κ3) is 4.24. The molecule has 3 heterocycles. The summed E-state index contributed by atoms with van der Waals surface area (Å²) in [6.45, 7) is 9.39. The number of hydrogen-bond donors (Lipinski definition) is 1. The first-order valence-corrected chi connectivity index (χ1v) is 13.0. The molecule has 5 rings (SSSR count). The fraction of sp³-hybridized carbons (Fsp3) is 0.400. The number of anilines is 3. The van der Waals surface area contributed by atoms with Gasteiger partial charge in [-0.3, -0.25) is 4.98 Å². The average molecular weight is 479 g/mol. The quantitative estimate of drug-likeness (QED) is 0.427. The highest BCUT2D eigenvalue weighted by Crippen LogP contribution is 2.51. The van der Waals surface area contributed by atoms with E-state index in [1.54, 1.807) is 0 Å². The first-order valence-electron chi connectivity index (χ1n) is 13.0. The Bertz CT molecular complexity index is 1360. The SMILES string of the molecule is CCC(C)=C(Nc1ccc(C#N)cc1C)C1(c2ccc3c(n2)CCCN3c2ccnc(C)n2)CCC1. The third-order valence-corrected chi connectivity index (χ3v) is 7.82. The summed E-state index contributed by atoms with van der Waals surface area (Å²) in [6.07, 6.45) is 8.21. The van der Waals surface area contributed by atoms with Crippen LogP contribution >= 0.6 is 0 Å². The van der Waals surface area contributed by atoms with E-state index < -0.39 is 0 Å². The van der Waals surface area contributed by atoms with Gasteiger partial charge in [-0.25, -0.2) is 9.97 Å². The van der Waals surface area contributed by atoms with Crippen LogP contribution in [0.4, 0.5) is 17.2 Å². The number of nitrogens with one attached hydrogen (secondary N) is 1. The summed E-state index contributed by atoms with van der Waals surface area (Å²) in [6, 6.07) is 14.6. The number of aromatic nitrogens is 3. The van der Waals surface area contributed by atoms with Crippen LogP contribution in [0.1, 0.15) is 74.3 Å². The summed E-state index contributed by atoms with van der Waals surface area (Å²) in [5.74, 6) is 1.73. The summed E-state index contributed by atoms with van der Waals surface area (Å²) in [7, 11) is 0. The van der Waals surface area contributed by atoms with Gasteiger partial charge < -0.3 is 10.2 Å².